The summed E-state index contributed by atoms with van der Waals surface area (Å²) in [7, 11) is 1.74. The Hall–Kier alpha value is -2.58. The van der Waals surface area contributed by atoms with E-state index < -0.39 is 18.9 Å². The highest BCUT2D eigenvalue weighted by Crippen LogP contribution is 2.20. The zero-order chi connectivity index (χ0) is 15.5. The predicted octanol–water partition coefficient (Wildman–Crippen LogP) is 2.59. The molecular formula is C12H11F3N4O2. The predicted molar refractivity (Wildman–Crippen MR) is 67.5 cm³/mol. The van der Waals surface area contributed by atoms with Crippen LogP contribution in [0.4, 0.5) is 23.7 Å². The maximum absolute atomic E-state index is 11.9. The summed E-state index contributed by atoms with van der Waals surface area (Å²) in [6.07, 6.45) is -4.23. The summed E-state index contributed by atoms with van der Waals surface area (Å²) in [5.41, 5.74) is 0.950. The highest BCUT2D eigenvalue weighted by molar-refractivity contribution is 5.85. The van der Waals surface area contributed by atoms with Crippen LogP contribution in [0.15, 0.2) is 30.6 Å². The Balaban J connectivity index is 2.05. The van der Waals surface area contributed by atoms with Gasteiger partial charge in [0.1, 0.15) is 6.33 Å². The molecule has 9 heteroatoms. The van der Waals surface area contributed by atoms with Gasteiger partial charge in [-0.1, -0.05) is 12.1 Å². The molecule has 112 valence electrons. The third kappa shape index (κ3) is 4.20. The summed E-state index contributed by atoms with van der Waals surface area (Å²) in [5, 5.41) is 9.83. The SMILES string of the molecule is Cn1cnnc1-c1cccc(NC(=O)OCC(F)(F)F)c1. The standard InChI is InChI=1S/C12H11F3N4O2/c1-19-7-16-18-10(19)8-3-2-4-9(5-8)17-11(20)21-6-12(13,14)15/h2-5,7H,6H2,1H3,(H,17,20). The second-order valence-corrected chi connectivity index (χ2v) is 4.16. The van der Waals surface area contributed by atoms with Crippen LogP contribution in [-0.4, -0.2) is 33.6 Å². The molecule has 0 radical (unpaired) electrons. The van der Waals surface area contributed by atoms with Gasteiger partial charge in [-0.05, 0) is 12.1 Å². The lowest BCUT2D eigenvalue weighted by molar-refractivity contribution is -0.159. The smallest absolute Gasteiger partial charge is 0.422 e. The van der Waals surface area contributed by atoms with Gasteiger partial charge in [0.2, 0.25) is 0 Å². The first kappa shape index (κ1) is 14.8. The molecule has 0 aliphatic heterocycles. The fourth-order valence-electron chi connectivity index (χ4n) is 1.58. The minimum absolute atomic E-state index is 0.294. The van der Waals surface area contributed by atoms with Gasteiger partial charge in [-0.2, -0.15) is 13.2 Å². The largest absolute Gasteiger partial charge is 0.440 e. The second kappa shape index (κ2) is 5.81. The molecule has 2 aromatic rings. The third-order valence-corrected chi connectivity index (χ3v) is 2.45. The maximum Gasteiger partial charge on any atom is 0.422 e. The van der Waals surface area contributed by atoms with E-state index in [1.165, 1.54) is 12.4 Å². The molecule has 0 aliphatic rings. The number of hydrogen-bond donors (Lipinski definition) is 1. The summed E-state index contributed by atoms with van der Waals surface area (Å²) < 4.78 is 41.5. The number of hydrogen-bond acceptors (Lipinski definition) is 4. The summed E-state index contributed by atoms with van der Waals surface area (Å²) in [4.78, 5) is 11.3. The molecule has 0 atom stereocenters. The van der Waals surface area contributed by atoms with Gasteiger partial charge in [0, 0.05) is 18.3 Å². The molecule has 1 aromatic carbocycles. The number of amides is 1. The fraction of sp³-hybridized carbons (Fsp3) is 0.250. The van der Waals surface area contributed by atoms with Crippen molar-refractivity contribution in [3.63, 3.8) is 0 Å². The average Bonchev–Trinajstić information content (AvgIpc) is 2.82. The van der Waals surface area contributed by atoms with Crippen molar-refractivity contribution in [2.45, 2.75) is 6.18 Å². The van der Waals surface area contributed by atoms with Crippen LogP contribution >= 0.6 is 0 Å². The Morgan fingerprint density at radius 2 is 2.19 bits per heavy atom. The molecule has 2 rings (SSSR count). The van der Waals surface area contributed by atoms with E-state index >= 15 is 0 Å². The number of anilines is 1. The summed E-state index contributed by atoms with van der Waals surface area (Å²) in [5.74, 6) is 0.558. The number of carbonyl (C=O) groups is 1. The third-order valence-electron chi connectivity index (χ3n) is 2.45. The number of ether oxygens (including phenoxy) is 1. The molecule has 6 nitrogen and oxygen atoms in total. The Labute approximate surface area is 117 Å². The Morgan fingerprint density at radius 1 is 1.43 bits per heavy atom. The van der Waals surface area contributed by atoms with E-state index in [-0.39, 0.29) is 0 Å². The van der Waals surface area contributed by atoms with Crippen LogP contribution in [0.25, 0.3) is 11.4 Å². The number of halogens is 3. The highest BCUT2D eigenvalue weighted by atomic mass is 19.4. The average molecular weight is 300 g/mol. The number of rotatable bonds is 3. The van der Waals surface area contributed by atoms with E-state index in [1.807, 2.05) is 0 Å². The number of nitrogens with one attached hydrogen (secondary N) is 1. The molecule has 0 fully saturated rings. The normalized spacial score (nSPS) is 11.2. The molecule has 1 heterocycles. The van der Waals surface area contributed by atoms with E-state index in [0.717, 1.165) is 0 Å². The molecule has 0 spiro atoms. The van der Waals surface area contributed by atoms with Crippen molar-refractivity contribution < 1.29 is 22.7 Å². The van der Waals surface area contributed by atoms with Crippen molar-refractivity contribution in [2.75, 3.05) is 11.9 Å². The monoisotopic (exact) mass is 300 g/mol. The topological polar surface area (TPSA) is 69.0 Å². The molecule has 0 aliphatic carbocycles. The van der Waals surface area contributed by atoms with Crippen molar-refractivity contribution in [1.29, 1.82) is 0 Å². The fourth-order valence-corrected chi connectivity index (χ4v) is 1.58. The van der Waals surface area contributed by atoms with Gasteiger partial charge in [-0.25, -0.2) is 4.79 Å². The highest BCUT2D eigenvalue weighted by Gasteiger charge is 2.29. The molecule has 1 N–H and O–H groups in total. The Kier molecular flexibility index (Phi) is 4.10. The number of nitrogens with zero attached hydrogens (tertiary/aromatic N) is 3. The summed E-state index contributed by atoms with van der Waals surface area (Å²) in [6.45, 7) is -1.64. The Bertz CT molecular complexity index is 639. The molecule has 0 bridgehead atoms. The molecular weight excluding hydrogens is 289 g/mol. The first-order valence-corrected chi connectivity index (χ1v) is 5.80. The van der Waals surface area contributed by atoms with Gasteiger partial charge in [-0.15, -0.1) is 10.2 Å². The molecule has 0 unspecified atom stereocenters. The quantitative estimate of drug-likeness (QED) is 0.946. The maximum atomic E-state index is 11.9. The van der Waals surface area contributed by atoms with Crippen molar-refractivity contribution in [2.24, 2.45) is 7.05 Å². The van der Waals surface area contributed by atoms with Gasteiger partial charge >= 0.3 is 12.3 Å². The lowest BCUT2D eigenvalue weighted by atomic mass is 10.2. The van der Waals surface area contributed by atoms with Crippen molar-refractivity contribution in [1.82, 2.24) is 14.8 Å². The van der Waals surface area contributed by atoms with Crippen LogP contribution in [0.1, 0.15) is 0 Å². The number of alkyl halides is 3. The van der Waals surface area contributed by atoms with Crippen molar-refractivity contribution >= 4 is 11.8 Å². The molecule has 0 saturated heterocycles. The van der Waals surface area contributed by atoms with Gasteiger partial charge in [-0.3, -0.25) is 5.32 Å². The first-order valence-electron chi connectivity index (χ1n) is 5.80. The van der Waals surface area contributed by atoms with E-state index in [4.69, 9.17) is 0 Å². The summed E-state index contributed by atoms with van der Waals surface area (Å²) in [6, 6.07) is 6.44. The van der Waals surface area contributed by atoms with Crippen LogP contribution in [0.2, 0.25) is 0 Å². The van der Waals surface area contributed by atoms with Crippen LogP contribution in [0.5, 0.6) is 0 Å². The van der Waals surface area contributed by atoms with E-state index in [2.05, 4.69) is 20.3 Å². The van der Waals surface area contributed by atoms with Crippen LogP contribution in [0.3, 0.4) is 0 Å². The molecule has 1 aromatic heterocycles. The molecule has 1 amide bonds. The molecule has 21 heavy (non-hydrogen) atoms. The van der Waals surface area contributed by atoms with E-state index in [9.17, 15) is 18.0 Å². The van der Waals surface area contributed by atoms with E-state index in [0.29, 0.717) is 17.1 Å². The van der Waals surface area contributed by atoms with E-state index in [1.54, 1.807) is 29.8 Å². The van der Waals surface area contributed by atoms with Crippen molar-refractivity contribution in [3.05, 3.63) is 30.6 Å². The summed E-state index contributed by atoms with van der Waals surface area (Å²) >= 11 is 0. The minimum atomic E-state index is -4.56. The number of aryl methyl sites for hydroxylation is 1. The lowest BCUT2D eigenvalue weighted by Gasteiger charge is -2.09. The van der Waals surface area contributed by atoms with Crippen molar-refractivity contribution in [3.8, 4) is 11.4 Å². The van der Waals surface area contributed by atoms with Gasteiger partial charge in [0.25, 0.3) is 0 Å². The zero-order valence-electron chi connectivity index (χ0n) is 10.9. The van der Waals surface area contributed by atoms with Crippen LogP contribution < -0.4 is 5.32 Å². The second-order valence-electron chi connectivity index (χ2n) is 4.16. The number of aromatic nitrogens is 3. The van der Waals surface area contributed by atoms with Crippen LogP contribution in [-0.2, 0) is 11.8 Å². The first-order chi connectivity index (χ1) is 9.85. The van der Waals surface area contributed by atoms with Gasteiger partial charge < -0.3 is 9.30 Å². The Morgan fingerprint density at radius 3 is 2.81 bits per heavy atom. The number of carbonyl (C=O) groups excluding carboxylic acids is 1. The van der Waals surface area contributed by atoms with Gasteiger partial charge in [0.15, 0.2) is 12.4 Å². The number of benzene rings is 1. The lowest BCUT2D eigenvalue weighted by Crippen LogP contribution is -2.23. The van der Waals surface area contributed by atoms with Crippen LogP contribution in [0, 0.1) is 0 Å². The zero-order valence-corrected chi connectivity index (χ0v) is 10.9. The minimum Gasteiger partial charge on any atom is -0.440 e. The van der Waals surface area contributed by atoms with Gasteiger partial charge in [0.05, 0.1) is 0 Å². The molecule has 0 saturated carbocycles.